The average Bonchev–Trinajstić information content (AvgIpc) is 3.28. The maximum atomic E-state index is 12.1. The van der Waals surface area contributed by atoms with Crippen LogP contribution in [0, 0.1) is 0 Å². The molecule has 9 nitrogen and oxygen atoms in total. The first-order valence-electron chi connectivity index (χ1n) is 9.26. The van der Waals surface area contributed by atoms with Crippen molar-refractivity contribution in [2.75, 3.05) is 6.61 Å². The monoisotopic (exact) mass is 382 g/mol. The van der Waals surface area contributed by atoms with Gasteiger partial charge in [-0.3, -0.25) is 14.9 Å². The van der Waals surface area contributed by atoms with Crippen molar-refractivity contribution in [1.29, 1.82) is 0 Å². The molecule has 3 heterocycles. The van der Waals surface area contributed by atoms with Crippen LogP contribution in [-0.2, 0) is 22.7 Å². The number of ether oxygens (including phenoxy) is 1. The molecule has 0 spiro atoms. The summed E-state index contributed by atoms with van der Waals surface area (Å²) in [4.78, 5) is 33.7. The minimum absolute atomic E-state index is 0.0344. The summed E-state index contributed by atoms with van der Waals surface area (Å²) in [7, 11) is 0. The van der Waals surface area contributed by atoms with E-state index < -0.39 is 11.9 Å². The number of carbonyl (C=O) groups excluding carboxylic acids is 2. The van der Waals surface area contributed by atoms with Crippen molar-refractivity contribution in [2.45, 2.75) is 38.4 Å². The van der Waals surface area contributed by atoms with Gasteiger partial charge >= 0.3 is 0 Å². The highest BCUT2D eigenvalue weighted by Crippen LogP contribution is 2.32. The van der Waals surface area contributed by atoms with E-state index in [2.05, 4.69) is 15.3 Å². The molecule has 1 aromatic carbocycles. The minimum atomic E-state index is -0.614. The molecule has 1 unspecified atom stereocenters. The number of unbranched alkanes of at least 4 members (excludes halogenated alkanes) is 1. The molecule has 1 saturated heterocycles. The standard InChI is InChI=1S/C19H22N6O3/c20-17(26)10-16-18(27)23-19-22-15-4-3-14(9-13(15)11-25(16)19)28-8-2-1-6-24-7-5-21-12-24/h3-5,7,9,12,16H,1-2,6,8,10-11H2,(H2,20,26)(H,22,23,27). The quantitative estimate of drug-likeness (QED) is 0.659. The van der Waals surface area contributed by atoms with E-state index in [1.807, 2.05) is 35.3 Å². The van der Waals surface area contributed by atoms with E-state index in [9.17, 15) is 9.59 Å². The third-order valence-electron chi connectivity index (χ3n) is 4.84. The van der Waals surface area contributed by atoms with Crippen molar-refractivity contribution in [1.82, 2.24) is 19.8 Å². The molecule has 0 radical (unpaired) electrons. The summed E-state index contributed by atoms with van der Waals surface area (Å²) < 4.78 is 7.91. The van der Waals surface area contributed by atoms with E-state index >= 15 is 0 Å². The fraction of sp³-hybridized carbons (Fsp3) is 0.368. The molecule has 28 heavy (non-hydrogen) atoms. The predicted octanol–water partition coefficient (Wildman–Crippen LogP) is 0.919. The van der Waals surface area contributed by atoms with Gasteiger partial charge in [-0.2, -0.15) is 0 Å². The second-order valence-corrected chi connectivity index (χ2v) is 6.89. The summed E-state index contributed by atoms with van der Waals surface area (Å²) in [6, 6.07) is 5.09. The Kier molecular flexibility index (Phi) is 4.96. The van der Waals surface area contributed by atoms with Gasteiger partial charge in [-0.1, -0.05) is 0 Å². The number of carbonyl (C=O) groups is 2. The number of nitrogens with zero attached hydrogens (tertiary/aromatic N) is 4. The van der Waals surface area contributed by atoms with E-state index in [4.69, 9.17) is 10.5 Å². The van der Waals surface area contributed by atoms with Crippen LogP contribution in [0.15, 0.2) is 41.9 Å². The van der Waals surface area contributed by atoms with Gasteiger partial charge in [0, 0.05) is 31.0 Å². The van der Waals surface area contributed by atoms with Gasteiger partial charge in [0.05, 0.1) is 25.0 Å². The number of imidazole rings is 1. The Bertz CT molecular complexity index is 908. The van der Waals surface area contributed by atoms with Crippen molar-refractivity contribution in [3.8, 4) is 5.75 Å². The van der Waals surface area contributed by atoms with Gasteiger partial charge in [0.25, 0.3) is 0 Å². The number of primary amides is 1. The summed E-state index contributed by atoms with van der Waals surface area (Å²) in [6.45, 7) is 2.01. The van der Waals surface area contributed by atoms with Crippen molar-refractivity contribution >= 4 is 23.5 Å². The van der Waals surface area contributed by atoms with E-state index in [1.54, 1.807) is 11.1 Å². The molecule has 1 fully saturated rings. The zero-order chi connectivity index (χ0) is 19.5. The second-order valence-electron chi connectivity index (χ2n) is 6.89. The molecule has 0 aliphatic carbocycles. The molecule has 0 bridgehead atoms. The number of nitrogens with two attached hydrogens (primary N) is 1. The summed E-state index contributed by atoms with van der Waals surface area (Å²) in [5.41, 5.74) is 7.02. The lowest BCUT2D eigenvalue weighted by atomic mass is 10.1. The van der Waals surface area contributed by atoms with Crippen LogP contribution in [0.1, 0.15) is 24.8 Å². The average molecular weight is 382 g/mol. The Hall–Kier alpha value is -3.36. The number of fused-ring (bicyclic) bond motifs is 2. The number of hydrogen-bond donors (Lipinski definition) is 2. The molecule has 2 amide bonds. The Morgan fingerprint density at radius 1 is 1.36 bits per heavy atom. The number of aromatic nitrogens is 2. The van der Waals surface area contributed by atoms with Crippen LogP contribution in [0.5, 0.6) is 5.75 Å². The van der Waals surface area contributed by atoms with Crippen LogP contribution in [0.3, 0.4) is 0 Å². The van der Waals surface area contributed by atoms with Crippen LogP contribution < -0.4 is 15.8 Å². The van der Waals surface area contributed by atoms with Gasteiger partial charge in [0.15, 0.2) is 0 Å². The van der Waals surface area contributed by atoms with Gasteiger partial charge in [0.2, 0.25) is 17.8 Å². The zero-order valence-corrected chi connectivity index (χ0v) is 15.4. The number of hydrogen-bond acceptors (Lipinski definition) is 6. The van der Waals surface area contributed by atoms with Gasteiger partial charge in [-0.25, -0.2) is 9.98 Å². The molecular weight excluding hydrogens is 360 g/mol. The molecule has 9 heteroatoms. The van der Waals surface area contributed by atoms with Crippen LogP contribution in [-0.4, -0.2) is 44.9 Å². The highest BCUT2D eigenvalue weighted by molar-refractivity contribution is 6.09. The fourth-order valence-corrected chi connectivity index (χ4v) is 3.42. The smallest absolute Gasteiger partial charge is 0.250 e. The van der Waals surface area contributed by atoms with E-state index in [0.717, 1.165) is 36.4 Å². The Morgan fingerprint density at radius 3 is 3.04 bits per heavy atom. The SMILES string of the molecule is NC(=O)CC1C(=O)NC2=Nc3ccc(OCCCCn4ccnc4)cc3CN21. The fourth-order valence-electron chi connectivity index (χ4n) is 3.42. The van der Waals surface area contributed by atoms with Crippen LogP contribution in [0.4, 0.5) is 5.69 Å². The lowest BCUT2D eigenvalue weighted by Gasteiger charge is -2.27. The van der Waals surface area contributed by atoms with Gasteiger partial charge in [-0.05, 0) is 31.0 Å². The molecular formula is C19H22N6O3. The molecule has 0 saturated carbocycles. The lowest BCUT2D eigenvalue weighted by molar-refractivity contribution is -0.126. The summed E-state index contributed by atoms with van der Waals surface area (Å²) in [6.07, 6.45) is 7.43. The maximum absolute atomic E-state index is 12.1. The number of nitrogens with one attached hydrogen (secondary N) is 1. The lowest BCUT2D eigenvalue weighted by Crippen LogP contribution is -2.39. The summed E-state index contributed by atoms with van der Waals surface area (Å²) >= 11 is 0. The Balaban J connectivity index is 1.35. The predicted molar refractivity (Wildman–Crippen MR) is 102 cm³/mol. The topological polar surface area (TPSA) is 115 Å². The van der Waals surface area contributed by atoms with E-state index in [-0.39, 0.29) is 12.3 Å². The van der Waals surface area contributed by atoms with Crippen molar-refractivity contribution < 1.29 is 14.3 Å². The molecule has 2 aliphatic rings. The van der Waals surface area contributed by atoms with E-state index in [0.29, 0.717) is 19.1 Å². The summed E-state index contributed by atoms with van der Waals surface area (Å²) in [5, 5.41) is 2.72. The number of aryl methyl sites for hydroxylation is 1. The Labute approximate surface area is 162 Å². The number of rotatable bonds is 8. The largest absolute Gasteiger partial charge is 0.494 e. The zero-order valence-electron chi connectivity index (χ0n) is 15.4. The number of guanidine groups is 1. The van der Waals surface area contributed by atoms with Gasteiger partial charge < -0.3 is 19.9 Å². The first-order chi connectivity index (χ1) is 13.6. The van der Waals surface area contributed by atoms with Crippen molar-refractivity contribution in [3.05, 3.63) is 42.5 Å². The first-order valence-corrected chi connectivity index (χ1v) is 9.26. The second kappa shape index (κ2) is 7.71. The minimum Gasteiger partial charge on any atom is -0.494 e. The third-order valence-corrected chi connectivity index (χ3v) is 4.84. The van der Waals surface area contributed by atoms with Gasteiger partial charge in [0.1, 0.15) is 11.8 Å². The highest BCUT2D eigenvalue weighted by atomic mass is 16.5. The van der Waals surface area contributed by atoms with Gasteiger partial charge in [-0.15, -0.1) is 0 Å². The molecule has 1 aromatic heterocycles. The molecule has 3 N–H and O–H groups in total. The van der Waals surface area contributed by atoms with E-state index in [1.165, 1.54) is 0 Å². The normalized spacial score (nSPS) is 17.6. The van der Waals surface area contributed by atoms with Crippen LogP contribution in [0.2, 0.25) is 0 Å². The van der Waals surface area contributed by atoms with Crippen molar-refractivity contribution in [3.63, 3.8) is 0 Å². The molecule has 1 atom stereocenters. The third kappa shape index (κ3) is 3.83. The first kappa shape index (κ1) is 18.0. The highest BCUT2D eigenvalue weighted by Gasteiger charge is 2.39. The number of amides is 2. The summed E-state index contributed by atoms with van der Waals surface area (Å²) in [5.74, 6) is 0.474. The molecule has 146 valence electrons. The number of aliphatic imine (C=N–C) groups is 1. The number of benzene rings is 1. The van der Waals surface area contributed by atoms with Crippen LogP contribution in [0.25, 0.3) is 0 Å². The Morgan fingerprint density at radius 2 is 2.25 bits per heavy atom. The molecule has 2 aromatic rings. The molecule has 2 aliphatic heterocycles. The maximum Gasteiger partial charge on any atom is 0.250 e. The van der Waals surface area contributed by atoms with Crippen LogP contribution >= 0.6 is 0 Å². The van der Waals surface area contributed by atoms with Crippen molar-refractivity contribution in [2.24, 2.45) is 10.7 Å². The molecule has 4 rings (SSSR count).